The zero-order valence-electron chi connectivity index (χ0n) is 10.00. The Morgan fingerprint density at radius 3 is 2.40 bits per heavy atom. The molecule has 0 amide bonds. The van der Waals surface area contributed by atoms with Crippen molar-refractivity contribution in [1.82, 2.24) is 0 Å². The summed E-state index contributed by atoms with van der Waals surface area (Å²) >= 11 is 0. The summed E-state index contributed by atoms with van der Waals surface area (Å²) in [6.07, 6.45) is 7.56. The van der Waals surface area contributed by atoms with Crippen molar-refractivity contribution in [2.45, 2.75) is 64.4 Å². The number of methoxy groups -OCH3 is 1. The third kappa shape index (κ3) is 9.73. The van der Waals surface area contributed by atoms with Crippen LogP contribution in [-0.4, -0.2) is 24.3 Å². The van der Waals surface area contributed by atoms with Gasteiger partial charge in [0.15, 0.2) is 0 Å². The maximum atomic E-state index is 10.8. The first-order valence-corrected chi connectivity index (χ1v) is 5.95. The SMILES string of the molecule is CCC(O)CCCCCCCC(=O)OC. The molecule has 0 radical (unpaired) electrons. The van der Waals surface area contributed by atoms with Crippen molar-refractivity contribution in [1.29, 1.82) is 0 Å². The number of unbranched alkanes of at least 4 members (excludes halogenated alkanes) is 4. The molecule has 0 rings (SSSR count). The standard InChI is InChI=1S/C12H24O3/c1-3-11(13)9-7-5-4-6-8-10-12(14)15-2/h11,13H,3-10H2,1-2H3. The molecule has 90 valence electrons. The minimum absolute atomic E-state index is 0.114. The zero-order chi connectivity index (χ0) is 11.5. The van der Waals surface area contributed by atoms with Crippen molar-refractivity contribution in [3.05, 3.63) is 0 Å². The fraction of sp³-hybridized carbons (Fsp3) is 0.917. The molecule has 3 heteroatoms. The Hall–Kier alpha value is -0.570. The van der Waals surface area contributed by atoms with E-state index in [2.05, 4.69) is 4.74 Å². The first-order chi connectivity index (χ1) is 7.20. The van der Waals surface area contributed by atoms with Gasteiger partial charge < -0.3 is 9.84 Å². The molecule has 0 aliphatic carbocycles. The van der Waals surface area contributed by atoms with E-state index in [1.54, 1.807) is 0 Å². The van der Waals surface area contributed by atoms with Gasteiger partial charge in [-0.25, -0.2) is 0 Å². The van der Waals surface area contributed by atoms with E-state index in [-0.39, 0.29) is 12.1 Å². The molecule has 0 heterocycles. The van der Waals surface area contributed by atoms with Crippen LogP contribution in [0, 0.1) is 0 Å². The van der Waals surface area contributed by atoms with Gasteiger partial charge in [0.25, 0.3) is 0 Å². The molecule has 0 aromatic carbocycles. The van der Waals surface area contributed by atoms with Gasteiger partial charge >= 0.3 is 5.97 Å². The molecule has 0 aromatic heterocycles. The Labute approximate surface area is 92.8 Å². The number of rotatable bonds is 9. The lowest BCUT2D eigenvalue weighted by Gasteiger charge is -2.06. The summed E-state index contributed by atoms with van der Waals surface area (Å²) in [4.78, 5) is 10.8. The Balaban J connectivity index is 3.08. The predicted octanol–water partition coefficient (Wildman–Crippen LogP) is 2.66. The topological polar surface area (TPSA) is 46.5 Å². The number of ether oxygens (including phenoxy) is 1. The summed E-state index contributed by atoms with van der Waals surface area (Å²) in [6, 6.07) is 0. The van der Waals surface area contributed by atoms with Crippen molar-refractivity contribution in [2.75, 3.05) is 7.11 Å². The summed E-state index contributed by atoms with van der Waals surface area (Å²) in [6.45, 7) is 2.00. The Bertz CT molecular complexity index is 157. The van der Waals surface area contributed by atoms with E-state index in [0.29, 0.717) is 6.42 Å². The van der Waals surface area contributed by atoms with Crippen molar-refractivity contribution >= 4 is 5.97 Å². The van der Waals surface area contributed by atoms with Crippen LogP contribution in [0.25, 0.3) is 0 Å². The Morgan fingerprint density at radius 1 is 1.20 bits per heavy atom. The van der Waals surface area contributed by atoms with Gasteiger partial charge in [0.1, 0.15) is 0 Å². The lowest BCUT2D eigenvalue weighted by Crippen LogP contribution is -2.03. The van der Waals surface area contributed by atoms with Crippen molar-refractivity contribution in [3.63, 3.8) is 0 Å². The van der Waals surface area contributed by atoms with Gasteiger partial charge in [0, 0.05) is 6.42 Å². The zero-order valence-corrected chi connectivity index (χ0v) is 10.00. The minimum atomic E-state index is -0.125. The summed E-state index contributed by atoms with van der Waals surface area (Å²) in [5.41, 5.74) is 0. The van der Waals surface area contributed by atoms with E-state index in [1.807, 2.05) is 6.92 Å². The van der Waals surface area contributed by atoms with Crippen LogP contribution in [0.1, 0.15) is 58.3 Å². The molecule has 0 aliphatic heterocycles. The molecule has 0 saturated carbocycles. The monoisotopic (exact) mass is 216 g/mol. The predicted molar refractivity (Wildman–Crippen MR) is 60.6 cm³/mol. The fourth-order valence-electron chi connectivity index (χ4n) is 1.49. The van der Waals surface area contributed by atoms with Crippen LogP contribution in [0.2, 0.25) is 0 Å². The average molecular weight is 216 g/mol. The second kappa shape index (κ2) is 9.97. The van der Waals surface area contributed by atoms with Crippen LogP contribution in [0.15, 0.2) is 0 Å². The lowest BCUT2D eigenvalue weighted by atomic mass is 10.1. The summed E-state index contributed by atoms with van der Waals surface area (Å²) < 4.78 is 4.55. The highest BCUT2D eigenvalue weighted by Crippen LogP contribution is 2.10. The van der Waals surface area contributed by atoms with Gasteiger partial charge in [0.05, 0.1) is 13.2 Å². The summed E-state index contributed by atoms with van der Waals surface area (Å²) in [5, 5.41) is 9.30. The summed E-state index contributed by atoms with van der Waals surface area (Å²) in [7, 11) is 1.43. The van der Waals surface area contributed by atoms with E-state index < -0.39 is 0 Å². The number of carbonyl (C=O) groups is 1. The average Bonchev–Trinajstić information content (AvgIpc) is 2.26. The summed E-state index contributed by atoms with van der Waals surface area (Å²) in [5.74, 6) is -0.114. The number of hydrogen-bond acceptors (Lipinski definition) is 3. The largest absolute Gasteiger partial charge is 0.469 e. The molecule has 1 unspecified atom stereocenters. The molecular formula is C12H24O3. The molecule has 1 atom stereocenters. The Morgan fingerprint density at radius 2 is 1.80 bits per heavy atom. The van der Waals surface area contributed by atoms with Gasteiger partial charge in [0.2, 0.25) is 0 Å². The van der Waals surface area contributed by atoms with Crippen molar-refractivity contribution in [3.8, 4) is 0 Å². The van der Waals surface area contributed by atoms with Gasteiger partial charge in [-0.2, -0.15) is 0 Å². The molecule has 1 N–H and O–H groups in total. The van der Waals surface area contributed by atoms with Crippen LogP contribution in [-0.2, 0) is 9.53 Å². The minimum Gasteiger partial charge on any atom is -0.469 e. The van der Waals surface area contributed by atoms with E-state index in [0.717, 1.165) is 44.9 Å². The molecule has 3 nitrogen and oxygen atoms in total. The number of hydrogen-bond donors (Lipinski definition) is 1. The quantitative estimate of drug-likeness (QED) is 0.476. The van der Waals surface area contributed by atoms with Crippen LogP contribution < -0.4 is 0 Å². The third-order valence-corrected chi connectivity index (χ3v) is 2.62. The second-order valence-corrected chi connectivity index (χ2v) is 3.94. The number of esters is 1. The van der Waals surface area contributed by atoms with Crippen molar-refractivity contribution < 1.29 is 14.6 Å². The highest BCUT2D eigenvalue weighted by atomic mass is 16.5. The fourth-order valence-corrected chi connectivity index (χ4v) is 1.49. The maximum Gasteiger partial charge on any atom is 0.305 e. The Kier molecular flexibility index (Phi) is 9.59. The first-order valence-electron chi connectivity index (χ1n) is 5.95. The van der Waals surface area contributed by atoms with E-state index in [4.69, 9.17) is 0 Å². The molecule has 0 fully saturated rings. The smallest absolute Gasteiger partial charge is 0.305 e. The van der Waals surface area contributed by atoms with E-state index >= 15 is 0 Å². The second-order valence-electron chi connectivity index (χ2n) is 3.94. The third-order valence-electron chi connectivity index (χ3n) is 2.62. The van der Waals surface area contributed by atoms with Gasteiger partial charge in [-0.3, -0.25) is 4.79 Å². The van der Waals surface area contributed by atoms with Gasteiger partial charge in [-0.1, -0.05) is 32.6 Å². The van der Waals surface area contributed by atoms with E-state index in [1.165, 1.54) is 7.11 Å². The molecule has 0 aromatic rings. The highest BCUT2D eigenvalue weighted by molar-refractivity contribution is 5.68. The maximum absolute atomic E-state index is 10.8. The molecule has 15 heavy (non-hydrogen) atoms. The van der Waals surface area contributed by atoms with Crippen LogP contribution in [0.3, 0.4) is 0 Å². The molecule has 0 bridgehead atoms. The lowest BCUT2D eigenvalue weighted by molar-refractivity contribution is -0.140. The first kappa shape index (κ1) is 14.4. The normalized spacial score (nSPS) is 12.5. The molecule has 0 spiro atoms. The van der Waals surface area contributed by atoms with Crippen LogP contribution >= 0.6 is 0 Å². The van der Waals surface area contributed by atoms with Gasteiger partial charge in [-0.15, -0.1) is 0 Å². The number of carbonyl (C=O) groups excluding carboxylic acids is 1. The van der Waals surface area contributed by atoms with Crippen molar-refractivity contribution in [2.24, 2.45) is 0 Å². The van der Waals surface area contributed by atoms with Gasteiger partial charge in [-0.05, 0) is 19.3 Å². The van der Waals surface area contributed by atoms with E-state index in [9.17, 15) is 9.90 Å². The molecular weight excluding hydrogens is 192 g/mol. The van der Waals surface area contributed by atoms with Crippen LogP contribution in [0.5, 0.6) is 0 Å². The molecule has 0 saturated heterocycles. The molecule has 0 aliphatic rings. The number of aliphatic hydroxyl groups is 1. The highest BCUT2D eigenvalue weighted by Gasteiger charge is 2.01. The van der Waals surface area contributed by atoms with Crippen LogP contribution in [0.4, 0.5) is 0 Å². The number of aliphatic hydroxyl groups excluding tert-OH is 1.